The molecule has 2 aromatic rings. The molecule has 0 amide bonds. The summed E-state index contributed by atoms with van der Waals surface area (Å²) in [5, 5.41) is 0. The Bertz CT molecular complexity index is 568. The van der Waals surface area contributed by atoms with E-state index in [2.05, 4.69) is 39.0 Å². The zero-order chi connectivity index (χ0) is 13.3. The Kier molecular flexibility index (Phi) is 3.28. The van der Waals surface area contributed by atoms with Gasteiger partial charge in [0.2, 0.25) is 0 Å². The van der Waals surface area contributed by atoms with Crippen molar-refractivity contribution in [2.45, 2.75) is 20.8 Å². The summed E-state index contributed by atoms with van der Waals surface area (Å²) in [5.74, 6) is 0.900. The van der Waals surface area contributed by atoms with Crippen LogP contribution in [0.2, 0.25) is 0 Å². The van der Waals surface area contributed by atoms with Crippen LogP contribution in [0.15, 0.2) is 30.3 Å². The molecular formula is C16H19NO. The Balaban J connectivity index is 2.69. The number of nitrogen functional groups attached to an aromatic ring is 1. The van der Waals surface area contributed by atoms with Gasteiger partial charge in [0.1, 0.15) is 5.75 Å². The Morgan fingerprint density at radius 2 is 1.56 bits per heavy atom. The molecule has 2 nitrogen and oxygen atoms in total. The Labute approximate surface area is 108 Å². The van der Waals surface area contributed by atoms with E-state index in [-0.39, 0.29) is 0 Å². The summed E-state index contributed by atoms with van der Waals surface area (Å²) in [6.45, 7) is 6.23. The molecule has 0 aliphatic heterocycles. The van der Waals surface area contributed by atoms with Crippen molar-refractivity contribution >= 4 is 5.69 Å². The van der Waals surface area contributed by atoms with Crippen molar-refractivity contribution in [2.24, 2.45) is 0 Å². The van der Waals surface area contributed by atoms with Crippen LogP contribution < -0.4 is 10.5 Å². The SMILES string of the molecule is COc1cc(C)cc(C)c1-c1cc(C)cc(N)c1. The summed E-state index contributed by atoms with van der Waals surface area (Å²) in [6.07, 6.45) is 0. The average molecular weight is 241 g/mol. The first-order valence-corrected chi connectivity index (χ1v) is 6.04. The first-order chi connectivity index (χ1) is 8.51. The fourth-order valence-corrected chi connectivity index (χ4v) is 2.42. The van der Waals surface area contributed by atoms with Crippen molar-refractivity contribution in [3.8, 4) is 16.9 Å². The van der Waals surface area contributed by atoms with Crippen LogP contribution in [0.5, 0.6) is 5.75 Å². The van der Waals surface area contributed by atoms with Crippen LogP contribution in [0, 0.1) is 20.8 Å². The van der Waals surface area contributed by atoms with E-state index in [0.29, 0.717) is 0 Å². The lowest BCUT2D eigenvalue weighted by Gasteiger charge is -2.14. The minimum absolute atomic E-state index is 0.784. The van der Waals surface area contributed by atoms with Gasteiger partial charge in [-0.25, -0.2) is 0 Å². The van der Waals surface area contributed by atoms with E-state index < -0.39 is 0 Å². The van der Waals surface area contributed by atoms with Gasteiger partial charge in [0, 0.05) is 11.3 Å². The Morgan fingerprint density at radius 1 is 0.889 bits per heavy atom. The fraction of sp³-hybridized carbons (Fsp3) is 0.250. The fourth-order valence-electron chi connectivity index (χ4n) is 2.42. The highest BCUT2D eigenvalue weighted by Gasteiger charge is 2.11. The molecule has 0 heterocycles. The number of anilines is 1. The van der Waals surface area contributed by atoms with E-state index in [1.54, 1.807) is 7.11 Å². The lowest BCUT2D eigenvalue weighted by molar-refractivity contribution is 0.416. The lowest BCUT2D eigenvalue weighted by atomic mass is 9.96. The van der Waals surface area contributed by atoms with Crippen LogP contribution in [0.25, 0.3) is 11.1 Å². The van der Waals surface area contributed by atoms with Crippen LogP contribution in [0.1, 0.15) is 16.7 Å². The van der Waals surface area contributed by atoms with Gasteiger partial charge in [0.25, 0.3) is 0 Å². The number of aryl methyl sites for hydroxylation is 3. The number of hydrogen-bond acceptors (Lipinski definition) is 2. The van der Waals surface area contributed by atoms with E-state index >= 15 is 0 Å². The summed E-state index contributed by atoms with van der Waals surface area (Å²) in [5.41, 5.74) is 12.5. The van der Waals surface area contributed by atoms with Crippen molar-refractivity contribution in [1.82, 2.24) is 0 Å². The summed E-state index contributed by atoms with van der Waals surface area (Å²) < 4.78 is 5.50. The quantitative estimate of drug-likeness (QED) is 0.810. The number of ether oxygens (including phenoxy) is 1. The highest BCUT2D eigenvalue weighted by molar-refractivity contribution is 5.77. The first kappa shape index (κ1) is 12.5. The van der Waals surface area contributed by atoms with Gasteiger partial charge in [0.05, 0.1) is 7.11 Å². The van der Waals surface area contributed by atoms with E-state index in [1.807, 2.05) is 12.1 Å². The predicted octanol–water partition coefficient (Wildman–Crippen LogP) is 3.87. The molecule has 18 heavy (non-hydrogen) atoms. The third kappa shape index (κ3) is 2.33. The van der Waals surface area contributed by atoms with Crippen LogP contribution in [-0.2, 0) is 0 Å². The highest BCUT2D eigenvalue weighted by Crippen LogP contribution is 2.35. The topological polar surface area (TPSA) is 35.2 Å². The van der Waals surface area contributed by atoms with Gasteiger partial charge >= 0.3 is 0 Å². The monoisotopic (exact) mass is 241 g/mol. The van der Waals surface area contributed by atoms with Crippen LogP contribution in [-0.4, -0.2) is 7.11 Å². The van der Waals surface area contributed by atoms with Gasteiger partial charge in [-0.3, -0.25) is 0 Å². The van der Waals surface area contributed by atoms with Gasteiger partial charge in [-0.1, -0.05) is 12.1 Å². The standard InChI is InChI=1S/C16H19NO/c1-10-5-12(3)16(15(8-10)18-4)13-6-11(2)7-14(17)9-13/h5-9H,17H2,1-4H3. The summed E-state index contributed by atoms with van der Waals surface area (Å²) in [4.78, 5) is 0. The van der Waals surface area contributed by atoms with Crippen LogP contribution >= 0.6 is 0 Å². The van der Waals surface area contributed by atoms with E-state index in [9.17, 15) is 0 Å². The lowest BCUT2D eigenvalue weighted by Crippen LogP contribution is -1.94. The molecule has 2 heteroatoms. The maximum Gasteiger partial charge on any atom is 0.127 e. The molecule has 0 saturated heterocycles. The van der Waals surface area contributed by atoms with E-state index in [1.165, 1.54) is 11.1 Å². The van der Waals surface area contributed by atoms with E-state index in [4.69, 9.17) is 10.5 Å². The zero-order valence-electron chi connectivity index (χ0n) is 11.4. The molecule has 2 N–H and O–H groups in total. The Morgan fingerprint density at radius 3 is 2.17 bits per heavy atom. The second kappa shape index (κ2) is 4.73. The second-order valence-electron chi connectivity index (χ2n) is 4.79. The van der Waals surface area contributed by atoms with Crippen molar-refractivity contribution in [3.05, 3.63) is 47.0 Å². The second-order valence-corrected chi connectivity index (χ2v) is 4.79. The maximum atomic E-state index is 5.93. The molecular weight excluding hydrogens is 222 g/mol. The molecule has 0 spiro atoms. The van der Waals surface area contributed by atoms with Crippen molar-refractivity contribution in [1.29, 1.82) is 0 Å². The summed E-state index contributed by atoms with van der Waals surface area (Å²) >= 11 is 0. The number of methoxy groups -OCH3 is 1. The van der Waals surface area contributed by atoms with Gasteiger partial charge < -0.3 is 10.5 Å². The number of hydrogen-bond donors (Lipinski definition) is 1. The maximum absolute atomic E-state index is 5.93. The minimum Gasteiger partial charge on any atom is -0.496 e. The molecule has 94 valence electrons. The molecule has 2 aromatic carbocycles. The van der Waals surface area contributed by atoms with Crippen molar-refractivity contribution < 1.29 is 4.74 Å². The molecule has 0 aliphatic rings. The third-order valence-electron chi connectivity index (χ3n) is 3.05. The highest BCUT2D eigenvalue weighted by atomic mass is 16.5. The smallest absolute Gasteiger partial charge is 0.127 e. The van der Waals surface area contributed by atoms with Gasteiger partial charge in [0.15, 0.2) is 0 Å². The average Bonchev–Trinajstić information content (AvgIpc) is 2.26. The van der Waals surface area contributed by atoms with Gasteiger partial charge in [-0.05, 0) is 61.2 Å². The van der Waals surface area contributed by atoms with Crippen molar-refractivity contribution in [2.75, 3.05) is 12.8 Å². The van der Waals surface area contributed by atoms with Gasteiger partial charge in [-0.2, -0.15) is 0 Å². The normalized spacial score (nSPS) is 10.4. The largest absolute Gasteiger partial charge is 0.496 e. The molecule has 0 aliphatic carbocycles. The molecule has 0 bridgehead atoms. The van der Waals surface area contributed by atoms with Crippen LogP contribution in [0.4, 0.5) is 5.69 Å². The number of benzene rings is 2. The summed E-state index contributed by atoms with van der Waals surface area (Å²) in [7, 11) is 1.71. The molecule has 0 aromatic heterocycles. The predicted molar refractivity (Wildman–Crippen MR) is 77.1 cm³/mol. The zero-order valence-corrected chi connectivity index (χ0v) is 11.4. The number of nitrogens with two attached hydrogens (primary N) is 1. The number of rotatable bonds is 2. The molecule has 0 atom stereocenters. The Hall–Kier alpha value is -1.96. The van der Waals surface area contributed by atoms with Gasteiger partial charge in [-0.15, -0.1) is 0 Å². The molecule has 0 unspecified atom stereocenters. The molecule has 0 fully saturated rings. The molecule has 2 rings (SSSR count). The van der Waals surface area contributed by atoms with E-state index in [0.717, 1.165) is 28.1 Å². The van der Waals surface area contributed by atoms with Crippen molar-refractivity contribution in [3.63, 3.8) is 0 Å². The molecule has 0 saturated carbocycles. The molecule has 0 radical (unpaired) electrons. The minimum atomic E-state index is 0.784. The summed E-state index contributed by atoms with van der Waals surface area (Å²) in [6, 6.07) is 10.3. The van der Waals surface area contributed by atoms with Crippen LogP contribution in [0.3, 0.4) is 0 Å². The first-order valence-electron chi connectivity index (χ1n) is 6.04. The third-order valence-corrected chi connectivity index (χ3v) is 3.05.